The van der Waals surface area contributed by atoms with E-state index < -0.39 is 0 Å². The van der Waals surface area contributed by atoms with Crippen LogP contribution in [0.1, 0.15) is 30.7 Å². The molecule has 1 aromatic heterocycles. The number of nitrogens with two attached hydrogens (primary N) is 1. The molecule has 1 aliphatic rings. The Bertz CT molecular complexity index is 514. The van der Waals surface area contributed by atoms with E-state index in [9.17, 15) is 0 Å². The summed E-state index contributed by atoms with van der Waals surface area (Å²) in [5, 5.41) is 4.04. The van der Waals surface area contributed by atoms with E-state index in [1.807, 2.05) is 24.3 Å². The van der Waals surface area contributed by atoms with Gasteiger partial charge in [0.15, 0.2) is 0 Å². The Labute approximate surface area is 106 Å². The minimum Gasteiger partial charge on any atom is -0.339 e. The van der Waals surface area contributed by atoms with Crippen molar-refractivity contribution in [3.05, 3.63) is 35.7 Å². The molecule has 0 spiro atoms. The second-order valence-corrected chi connectivity index (χ2v) is 4.91. The molecule has 2 aromatic rings. The molecular formula is C14H17N3O. The SMILES string of the molecule is NCc1ccc(-c2noc(CC3CCC3)n2)cc1. The molecule has 0 bridgehead atoms. The first-order valence-corrected chi connectivity index (χ1v) is 6.47. The van der Waals surface area contributed by atoms with Crippen LogP contribution in [0, 0.1) is 5.92 Å². The molecule has 1 aliphatic carbocycles. The first kappa shape index (κ1) is 11.4. The van der Waals surface area contributed by atoms with Crippen molar-refractivity contribution in [2.24, 2.45) is 11.7 Å². The summed E-state index contributed by atoms with van der Waals surface area (Å²) in [7, 11) is 0. The third-order valence-electron chi connectivity index (χ3n) is 3.60. The lowest BCUT2D eigenvalue weighted by molar-refractivity contribution is 0.273. The van der Waals surface area contributed by atoms with Crippen LogP contribution >= 0.6 is 0 Å². The van der Waals surface area contributed by atoms with Gasteiger partial charge in [0.05, 0.1) is 0 Å². The lowest BCUT2D eigenvalue weighted by Crippen LogP contribution is -2.13. The van der Waals surface area contributed by atoms with Gasteiger partial charge < -0.3 is 10.3 Å². The summed E-state index contributed by atoms with van der Waals surface area (Å²) in [6.07, 6.45) is 4.85. The number of benzene rings is 1. The summed E-state index contributed by atoms with van der Waals surface area (Å²) in [4.78, 5) is 4.45. The van der Waals surface area contributed by atoms with Gasteiger partial charge >= 0.3 is 0 Å². The van der Waals surface area contributed by atoms with E-state index in [4.69, 9.17) is 10.3 Å². The van der Waals surface area contributed by atoms with Gasteiger partial charge in [0.1, 0.15) is 0 Å². The maximum atomic E-state index is 5.57. The summed E-state index contributed by atoms with van der Waals surface area (Å²) in [5.74, 6) is 2.18. The molecule has 4 nitrogen and oxygen atoms in total. The van der Waals surface area contributed by atoms with Gasteiger partial charge in [0, 0.05) is 18.5 Å². The van der Waals surface area contributed by atoms with Crippen molar-refractivity contribution in [3.8, 4) is 11.4 Å². The number of rotatable bonds is 4. The fourth-order valence-corrected chi connectivity index (χ4v) is 2.19. The van der Waals surface area contributed by atoms with Crippen LogP contribution in [0.15, 0.2) is 28.8 Å². The van der Waals surface area contributed by atoms with Gasteiger partial charge in [0.2, 0.25) is 11.7 Å². The summed E-state index contributed by atoms with van der Waals surface area (Å²) in [6, 6.07) is 7.97. The van der Waals surface area contributed by atoms with Gasteiger partial charge in [-0.15, -0.1) is 0 Å². The highest BCUT2D eigenvalue weighted by molar-refractivity contribution is 5.54. The molecule has 1 saturated carbocycles. The molecule has 3 rings (SSSR count). The number of hydrogen-bond donors (Lipinski definition) is 1. The smallest absolute Gasteiger partial charge is 0.227 e. The molecule has 0 unspecified atom stereocenters. The molecule has 1 aromatic carbocycles. The second-order valence-electron chi connectivity index (χ2n) is 4.91. The molecule has 0 amide bonds. The van der Waals surface area contributed by atoms with Crippen molar-refractivity contribution >= 4 is 0 Å². The molecule has 18 heavy (non-hydrogen) atoms. The molecule has 0 aliphatic heterocycles. The highest BCUT2D eigenvalue weighted by Crippen LogP contribution is 2.29. The van der Waals surface area contributed by atoms with Gasteiger partial charge in [0.25, 0.3) is 0 Å². The van der Waals surface area contributed by atoms with Crippen molar-refractivity contribution in [2.45, 2.75) is 32.2 Å². The van der Waals surface area contributed by atoms with Gasteiger partial charge in [-0.05, 0) is 24.3 Å². The largest absolute Gasteiger partial charge is 0.339 e. The Balaban J connectivity index is 1.74. The third-order valence-corrected chi connectivity index (χ3v) is 3.60. The molecule has 0 atom stereocenters. The van der Waals surface area contributed by atoms with Crippen LogP contribution in [-0.2, 0) is 13.0 Å². The Morgan fingerprint density at radius 2 is 2.00 bits per heavy atom. The monoisotopic (exact) mass is 243 g/mol. The van der Waals surface area contributed by atoms with E-state index in [-0.39, 0.29) is 0 Å². The van der Waals surface area contributed by atoms with Gasteiger partial charge in [-0.25, -0.2) is 0 Å². The van der Waals surface area contributed by atoms with E-state index in [0.29, 0.717) is 12.4 Å². The minimum atomic E-state index is 0.555. The van der Waals surface area contributed by atoms with Crippen LogP contribution in [0.3, 0.4) is 0 Å². The average Bonchev–Trinajstić information content (AvgIpc) is 2.83. The first-order valence-electron chi connectivity index (χ1n) is 6.47. The lowest BCUT2D eigenvalue weighted by atomic mass is 9.83. The Morgan fingerprint density at radius 1 is 1.22 bits per heavy atom. The van der Waals surface area contributed by atoms with Gasteiger partial charge in [-0.1, -0.05) is 35.8 Å². The summed E-state index contributed by atoms with van der Waals surface area (Å²) in [6.45, 7) is 0.555. The molecule has 1 fully saturated rings. The average molecular weight is 243 g/mol. The maximum Gasteiger partial charge on any atom is 0.227 e. The summed E-state index contributed by atoms with van der Waals surface area (Å²) in [5.41, 5.74) is 7.66. The van der Waals surface area contributed by atoms with E-state index in [2.05, 4.69) is 10.1 Å². The van der Waals surface area contributed by atoms with E-state index in [0.717, 1.165) is 29.4 Å². The van der Waals surface area contributed by atoms with Crippen LogP contribution in [-0.4, -0.2) is 10.1 Å². The molecule has 0 radical (unpaired) electrons. The minimum absolute atomic E-state index is 0.555. The molecule has 1 heterocycles. The molecule has 2 N–H and O–H groups in total. The predicted molar refractivity (Wildman–Crippen MR) is 68.7 cm³/mol. The van der Waals surface area contributed by atoms with Gasteiger partial charge in [-0.2, -0.15) is 4.98 Å². The van der Waals surface area contributed by atoms with E-state index in [1.54, 1.807) is 0 Å². The Morgan fingerprint density at radius 3 is 2.61 bits per heavy atom. The predicted octanol–water partition coefficient (Wildman–Crippen LogP) is 2.54. The van der Waals surface area contributed by atoms with Crippen LogP contribution in [0.5, 0.6) is 0 Å². The van der Waals surface area contributed by atoms with Crippen LogP contribution in [0.4, 0.5) is 0 Å². The Kier molecular flexibility index (Phi) is 3.11. The normalized spacial score (nSPS) is 15.6. The number of hydrogen-bond acceptors (Lipinski definition) is 4. The van der Waals surface area contributed by atoms with Crippen LogP contribution in [0.2, 0.25) is 0 Å². The van der Waals surface area contributed by atoms with E-state index >= 15 is 0 Å². The fourth-order valence-electron chi connectivity index (χ4n) is 2.19. The highest BCUT2D eigenvalue weighted by atomic mass is 16.5. The van der Waals surface area contributed by atoms with E-state index in [1.165, 1.54) is 19.3 Å². The summed E-state index contributed by atoms with van der Waals surface area (Å²) < 4.78 is 5.30. The topological polar surface area (TPSA) is 64.9 Å². The molecular weight excluding hydrogens is 226 g/mol. The van der Waals surface area contributed by atoms with Crippen molar-refractivity contribution in [1.29, 1.82) is 0 Å². The van der Waals surface area contributed by atoms with Crippen LogP contribution in [0.25, 0.3) is 11.4 Å². The zero-order chi connectivity index (χ0) is 12.4. The zero-order valence-electron chi connectivity index (χ0n) is 10.3. The Hall–Kier alpha value is -1.68. The van der Waals surface area contributed by atoms with Crippen molar-refractivity contribution in [2.75, 3.05) is 0 Å². The first-order chi connectivity index (χ1) is 8.85. The summed E-state index contributed by atoms with van der Waals surface area (Å²) >= 11 is 0. The fraction of sp³-hybridized carbons (Fsp3) is 0.429. The lowest BCUT2D eigenvalue weighted by Gasteiger charge is -2.23. The zero-order valence-corrected chi connectivity index (χ0v) is 10.3. The van der Waals surface area contributed by atoms with Crippen molar-refractivity contribution in [1.82, 2.24) is 10.1 Å². The standard InChI is InChI=1S/C14H17N3O/c15-9-11-4-6-12(7-5-11)14-16-13(18-17-14)8-10-2-1-3-10/h4-7,10H,1-3,8-9,15H2. The number of nitrogens with zero attached hydrogens (tertiary/aromatic N) is 2. The molecule has 94 valence electrons. The quantitative estimate of drug-likeness (QED) is 0.896. The maximum absolute atomic E-state index is 5.57. The molecule has 4 heteroatoms. The molecule has 0 saturated heterocycles. The number of aromatic nitrogens is 2. The highest BCUT2D eigenvalue weighted by Gasteiger charge is 2.21. The van der Waals surface area contributed by atoms with Crippen molar-refractivity contribution < 1.29 is 4.52 Å². The van der Waals surface area contributed by atoms with Crippen molar-refractivity contribution in [3.63, 3.8) is 0 Å². The third kappa shape index (κ3) is 2.29. The van der Waals surface area contributed by atoms with Gasteiger partial charge in [-0.3, -0.25) is 0 Å². The second kappa shape index (κ2) is 4.90. The van der Waals surface area contributed by atoms with Crippen LogP contribution < -0.4 is 5.73 Å².